The molecular weight excluding hydrogens is 436 g/mol. The van der Waals surface area contributed by atoms with Gasteiger partial charge in [-0.3, -0.25) is 9.20 Å². The lowest BCUT2D eigenvalue weighted by Crippen LogP contribution is -2.31. The zero-order valence-corrected chi connectivity index (χ0v) is 19.1. The number of nitrogens with zero attached hydrogens (tertiary/aromatic N) is 3. The van der Waals surface area contributed by atoms with Crippen molar-refractivity contribution in [1.82, 2.24) is 19.7 Å². The maximum Gasteiger partial charge on any atom is 0.323 e. The molecule has 176 valence electrons. The average Bonchev–Trinajstić information content (AvgIpc) is 3.51. The molecule has 1 unspecified atom stereocenters. The van der Waals surface area contributed by atoms with Crippen LogP contribution in [0.2, 0.25) is 0 Å². The molecule has 4 aromatic rings. The molecule has 1 aromatic carbocycles. The molecule has 0 aliphatic carbocycles. The number of rotatable bonds is 8. The van der Waals surface area contributed by atoms with Crippen LogP contribution in [0.1, 0.15) is 6.42 Å². The van der Waals surface area contributed by atoms with E-state index in [-0.39, 0.29) is 18.1 Å². The van der Waals surface area contributed by atoms with Crippen LogP contribution in [0.3, 0.4) is 0 Å². The van der Waals surface area contributed by atoms with Gasteiger partial charge in [-0.1, -0.05) is 18.2 Å². The Balaban J connectivity index is 1.42. The number of carbonyl (C=O) groups is 1. The Morgan fingerprint density at radius 3 is 2.94 bits per heavy atom. The van der Waals surface area contributed by atoms with Gasteiger partial charge in [0, 0.05) is 37.7 Å². The summed E-state index contributed by atoms with van der Waals surface area (Å²) < 4.78 is 23.8. The van der Waals surface area contributed by atoms with E-state index in [0.29, 0.717) is 31.9 Å². The van der Waals surface area contributed by atoms with E-state index in [0.717, 1.165) is 33.7 Å². The van der Waals surface area contributed by atoms with Gasteiger partial charge in [-0.05, 0) is 18.2 Å². The number of esters is 1. The first-order valence-corrected chi connectivity index (χ1v) is 11.1. The van der Waals surface area contributed by atoms with E-state index >= 15 is 0 Å². The number of hydrogen-bond donors (Lipinski definition) is 1. The van der Waals surface area contributed by atoms with Gasteiger partial charge < -0.3 is 24.3 Å². The second-order valence-corrected chi connectivity index (χ2v) is 8.06. The van der Waals surface area contributed by atoms with E-state index in [1.165, 1.54) is 7.11 Å². The number of para-hydroxylation sites is 1. The lowest BCUT2D eigenvalue weighted by Gasteiger charge is -2.15. The van der Waals surface area contributed by atoms with Crippen LogP contribution >= 0.6 is 0 Å². The number of fused-ring (bicyclic) bond motifs is 2. The normalized spacial score (nSPS) is 17.8. The minimum Gasteiger partial charge on any atom is -0.491 e. The number of nitrogens with one attached hydrogen (secondary N) is 1. The fourth-order valence-electron chi connectivity index (χ4n) is 4.14. The molecule has 0 saturated carbocycles. The molecule has 1 aliphatic heterocycles. The Morgan fingerprint density at radius 2 is 2.09 bits per heavy atom. The van der Waals surface area contributed by atoms with E-state index in [2.05, 4.69) is 10.3 Å². The van der Waals surface area contributed by atoms with Crippen molar-refractivity contribution in [3.05, 3.63) is 54.9 Å². The van der Waals surface area contributed by atoms with E-state index in [9.17, 15) is 4.79 Å². The zero-order chi connectivity index (χ0) is 23.5. The number of ether oxygens (including phenoxy) is 4. The molecule has 1 N–H and O–H groups in total. The van der Waals surface area contributed by atoms with E-state index in [1.807, 2.05) is 53.1 Å². The first-order valence-electron chi connectivity index (χ1n) is 11.1. The van der Waals surface area contributed by atoms with E-state index in [4.69, 9.17) is 23.9 Å². The first-order chi connectivity index (χ1) is 16.7. The van der Waals surface area contributed by atoms with Gasteiger partial charge in [0.1, 0.15) is 41.4 Å². The van der Waals surface area contributed by atoms with Crippen LogP contribution in [0.25, 0.3) is 27.9 Å². The van der Waals surface area contributed by atoms with Crippen molar-refractivity contribution >= 4 is 22.5 Å². The highest BCUT2D eigenvalue weighted by Crippen LogP contribution is 2.30. The van der Waals surface area contributed by atoms with Gasteiger partial charge in [0.25, 0.3) is 0 Å². The van der Waals surface area contributed by atoms with Gasteiger partial charge in [-0.15, -0.1) is 0 Å². The highest BCUT2D eigenvalue weighted by atomic mass is 16.5. The van der Waals surface area contributed by atoms with Crippen molar-refractivity contribution in [2.24, 2.45) is 0 Å². The molecule has 1 aliphatic rings. The Bertz CT molecular complexity index is 1320. The molecule has 1 saturated heterocycles. The molecular formula is C25H26N4O5. The smallest absolute Gasteiger partial charge is 0.323 e. The monoisotopic (exact) mass is 462 g/mol. The van der Waals surface area contributed by atoms with Crippen LogP contribution in [0.15, 0.2) is 54.9 Å². The molecule has 0 radical (unpaired) electrons. The van der Waals surface area contributed by atoms with Crippen molar-refractivity contribution in [3.63, 3.8) is 0 Å². The average molecular weight is 463 g/mol. The molecule has 1 fully saturated rings. The van der Waals surface area contributed by atoms with E-state index in [1.54, 1.807) is 13.3 Å². The number of pyridine rings is 2. The molecule has 4 heterocycles. The summed E-state index contributed by atoms with van der Waals surface area (Å²) in [5, 5.41) is 4.12. The fraction of sp³-hybridized carbons (Fsp3) is 0.320. The molecule has 9 heteroatoms. The number of aromatic nitrogens is 3. The molecule has 5 rings (SSSR count). The summed E-state index contributed by atoms with van der Waals surface area (Å²) in [4.78, 5) is 21.3. The van der Waals surface area contributed by atoms with Crippen molar-refractivity contribution in [2.75, 3.05) is 34.0 Å². The lowest BCUT2D eigenvalue weighted by atomic mass is 10.1. The predicted octanol–water partition coefficient (Wildman–Crippen LogP) is 2.86. The van der Waals surface area contributed by atoms with Crippen LogP contribution in [-0.2, 0) is 14.3 Å². The Kier molecular flexibility index (Phi) is 6.29. The van der Waals surface area contributed by atoms with Gasteiger partial charge in [-0.25, -0.2) is 9.97 Å². The summed E-state index contributed by atoms with van der Waals surface area (Å²) in [6.07, 6.45) is 4.12. The summed E-state index contributed by atoms with van der Waals surface area (Å²) in [5.41, 5.74) is 3.17. The molecule has 2 atom stereocenters. The standard InChI is InChI=1S/C25H26N4O5/c1-31-10-11-33-17-8-9-29-21(15-27-23(29)13-17)19-7-6-16-4-3-5-22(24(16)28-19)34-18-12-20(26-14-18)25(30)32-2/h3-9,13,15,18,20,26H,10-12,14H2,1-2H3/t18-,20?/m0/s1. The van der Waals surface area contributed by atoms with E-state index < -0.39 is 0 Å². The van der Waals surface area contributed by atoms with Crippen LogP contribution in [0.4, 0.5) is 0 Å². The van der Waals surface area contributed by atoms with Gasteiger partial charge in [0.15, 0.2) is 0 Å². The molecule has 0 amide bonds. The molecule has 0 spiro atoms. The SMILES string of the molecule is COCCOc1ccn2c(-c3ccc4cccc(O[C@@H]5CNC(C(=O)OC)C5)c4n3)cnc2c1. The second kappa shape index (κ2) is 9.66. The molecule has 0 bridgehead atoms. The third-order valence-electron chi connectivity index (χ3n) is 5.86. The largest absolute Gasteiger partial charge is 0.491 e. The van der Waals surface area contributed by atoms with Crippen LogP contribution in [-0.4, -0.2) is 66.5 Å². The quantitative estimate of drug-likeness (QED) is 0.316. The van der Waals surface area contributed by atoms with Gasteiger partial charge in [0.2, 0.25) is 0 Å². The van der Waals surface area contributed by atoms with Crippen LogP contribution in [0, 0.1) is 0 Å². The third-order valence-corrected chi connectivity index (χ3v) is 5.86. The van der Waals surface area contributed by atoms with Crippen LogP contribution in [0.5, 0.6) is 11.5 Å². The summed E-state index contributed by atoms with van der Waals surface area (Å²) in [5.74, 6) is 1.14. The predicted molar refractivity (Wildman–Crippen MR) is 126 cm³/mol. The highest BCUT2D eigenvalue weighted by molar-refractivity contribution is 5.86. The fourth-order valence-corrected chi connectivity index (χ4v) is 4.14. The first kappa shape index (κ1) is 22.1. The van der Waals surface area contributed by atoms with Gasteiger partial charge in [0.05, 0.1) is 31.3 Å². The zero-order valence-electron chi connectivity index (χ0n) is 19.1. The van der Waals surface area contributed by atoms with Crippen molar-refractivity contribution in [3.8, 4) is 22.9 Å². The van der Waals surface area contributed by atoms with Gasteiger partial charge >= 0.3 is 5.97 Å². The Labute approximate surface area is 196 Å². The Morgan fingerprint density at radius 1 is 1.18 bits per heavy atom. The molecule has 3 aromatic heterocycles. The summed E-state index contributed by atoms with van der Waals surface area (Å²) >= 11 is 0. The van der Waals surface area contributed by atoms with Crippen molar-refractivity contribution < 1.29 is 23.7 Å². The van der Waals surface area contributed by atoms with Crippen molar-refractivity contribution in [1.29, 1.82) is 0 Å². The molecule has 9 nitrogen and oxygen atoms in total. The minimum atomic E-state index is -0.352. The third kappa shape index (κ3) is 4.40. The number of benzene rings is 1. The Hall–Kier alpha value is -3.69. The number of carbonyl (C=O) groups excluding carboxylic acids is 1. The number of imidazole rings is 1. The topological polar surface area (TPSA) is 96.2 Å². The lowest BCUT2D eigenvalue weighted by molar-refractivity contribution is -0.142. The van der Waals surface area contributed by atoms with Crippen molar-refractivity contribution in [2.45, 2.75) is 18.6 Å². The summed E-state index contributed by atoms with van der Waals surface area (Å²) in [6.45, 7) is 1.57. The number of hydrogen-bond acceptors (Lipinski definition) is 8. The van der Waals surface area contributed by atoms with Gasteiger partial charge in [-0.2, -0.15) is 0 Å². The number of methoxy groups -OCH3 is 2. The maximum atomic E-state index is 11.8. The second-order valence-electron chi connectivity index (χ2n) is 8.06. The maximum absolute atomic E-state index is 11.8. The van der Waals surface area contributed by atoms with Crippen LogP contribution < -0.4 is 14.8 Å². The molecule has 34 heavy (non-hydrogen) atoms. The minimum absolute atomic E-state index is 0.146. The summed E-state index contributed by atoms with van der Waals surface area (Å²) in [6, 6.07) is 13.3. The highest BCUT2D eigenvalue weighted by Gasteiger charge is 2.31. The summed E-state index contributed by atoms with van der Waals surface area (Å²) in [7, 11) is 3.04.